The number of nitrogens with one attached hydrogen (secondary N) is 4. The molecular formula is C40H52N10O12. The summed E-state index contributed by atoms with van der Waals surface area (Å²) >= 11 is 0. The van der Waals surface area contributed by atoms with Crippen LogP contribution in [0, 0.1) is 0 Å². The van der Waals surface area contributed by atoms with E-state index in [1.807, 2.05) is 0 Å². The summed E-state index contributed by atoms with van der Waals surface area (Å²) in [5.74, 6) is -5.67. The van der Waals surface area contributed by atoms with Crippen molar-refractivity contribution in [2.45, 2.75) is 64.7 Å². The first-order chi connectivity index (χ1) is 29.1. The van der Waals surface area contributed by atoms with Crippen LogP contribution >= 0.6 is 0 Å². The second-order valence-corrected chi connectivity index (χ2v) is 14.8. The van der Waals surface area contributed by atoms with E-state index < -0.39 is 93.0 Å². The van der Waals surface area contributed by atoms with Crippen molar-refractivity contribution in [3.05, 3.63) is 90.5 Å². The summed E-state index contributed by atoms with van der Waals surface area (Å²) < 4.78 is 4.44. The normalized spacial score (nSPS) is 13.3. The third-order valence-corrected chi connectivity index (χ3v) is 10.6. The molecule has 0 fully saturated rings. The van der Waals surface area contributed by atoms with E-state index in [4.69, 9.17) is 0 Å². The average Bonchev–Trinajstić information content (AvgIpc) is 3.24. The molecular weight excluding hydrogens is 812 g/mol. The number of hydrogen-bond acceptors (Lipinski definition) is 14. The highest BCUT2D eigenvalue weighted by Crippen LogP contribution is 2.23. The number of rotatable bonds is 17. The Morgan fingerprint density at radius 3 is 0.839 bits per heavy atom. The summed E-state index contributed by atoms with van der Waals surface area (Å²) in [6.07, 6.45) is 5.80. The highest BCUT2D eigenvalue weighted by Gasteiger charge is 2.33. The number of pyridine rings is 4. The van der Waals surface area contributed by atoms with E-state index in [0.29, 0.717) is 0 Å². The van der Waals surface area contributed by atoms with Gasteiger partial charge >= 0.3 is 0 Å². The third-order valence-electron chi connectivity index (χ3n) is 10.6. The molecule has 0 aliphatic heterocycles. The number of nitrogens with zero attached hydrogens (tertiary/aromatic N) is 6. The predicted octanol–water partition coefficient (Wildman–Crippen LogP) is 0.0966. The molecule has 4 aromatic heterocycles. The number of aromatic nitrogens is 4. The van der Waals surface area contributed by atoms with Gasteiger partial charge in [0.25, 0.3) is 22.2 Å². The zero-order valence-corrected chi connectivity index (χ0v) is 35.5. The Morgan fingerprint density at radius 1 is 0.452 bits per heavy atom. The topological polar surface area (TPSA) is 292 Å². The van der Waals surface area contributed by atoms with Gasteiger partial charge in [-0.2, -0.15) is 0 Å². The molecule has 62 heavy (non-hydrogen) atoms. The Balaban J connectivity index is 1.61. The van der Waals surface area contributed by atoms with Crippen LogP contribution in [0.15, 0.2) is 68.2 Å². The van der Waals surface area contributed by atoms with Crippen molar-refractivity contribution in [3.63, 3.8) is 0 Å². The minimum atomic E-state index is -1.11. The van der Waals surface area contributed by atoms with Gasteiger partial charge in [-0.3, -0.25) is 48.2 Å². The van der Waals surface area contributed by atoms with Crippen molar-refractivity contribution < 1.29 is 39.6 Å². The molecule has 0 spiro atoms. The molecule has 4 rings (SSSR count). The van der Waals surface area contributed by atoms with Crippen LogP contribution in [0.2, 0.25) is 0 Å². The van der Waals surface area contributed by atoms with Crippen molar-refractivity contribution in [2.75, 3.05) is 34.4 Å². The molecule has 4 atom stereocenters. The highest BCUT2D eigenvalue weighted by molar-refractivity contribution is 5.99. The Morgan fingerprint density at radius 2 is 0.645 bits per heavy atom. The number of hydrogen-bond donors (Lipinski definition) is 8. The van der Waals surface area contributed by atoms with Gasteiger partial charge in [-0.1, -0.05) is 0 Å². The molecule has 8 N–H and O–H groups in total. The summed E-state index contributed by atoms with van der Waals surface area (Å²) in [5.41, 5.74) is -3.74. The molecule has 0 bridgehead atoms. The van der Waals surface area contributed by atoms with Crippen LogP contribution in [0.1, 0.15) is 40.5 Å². The maximum absolute atomic E-state index is 13.7. The largest absolute Gasteiger partial charge is 0.502 e. The molecule has 4 unspecified atom stereocenters. The quantitative estimate of drug-likeness (QED) is 0.0654. The van der Waals surface area contributed by atoms with E-state index in [1.54, 1.807) is 0 Å². The molecule has 22 heteroatoms. The Bertz CT molecular complexity index is 2250. The van der Waals surface area contributed by atoms with Crippen LogP contribution < -0.4 is 43.5 Å². The molecule has 0 saturated carbocycles. The Hall–Kier alpha value is -7.20. The molecule has 0 radical (unpaired) electrons. The number of unbranched alkanes of at least 4 members (excludes halogenated alkanes) is 1. The van der Waals surface area contributed by atoms with Crippen molar-refractivity contribution in [1.29, 1.82) is 0 Å². The van der Waals surface area contributed by atoms with E-state index in [-0.39, 0.29) is 48.7 Å². The van der Waals surface area contributed by atoms with Gasteiger partial charge in [0.05, 0.1) is 46.9 Å². The summed E-state index contributed by atoms with van der Waals surface area (Å²) in [6, 6.07) is 0.836. The standard InChI is InChI=1S/C40H52N10O12/c1-21(33(55)41-25-11-17-45(5)37(59)29(25)51)49(22(2)34(56)42-26-12-18-46(6)38(60)30(26)52)15-9-10-16-50(23(3)35(57)43-27-13-19-47(7)39(61)31(27)53)24(4)36(58)44-28-14-20-48(8)40(62)32(28)54/h11-14,17-24,51-54H,9-10,15-16H2,1-8H3,(H,41,55)(H,42,56)(H,43,57)(H,44,58). The number of anilines is 4. The fourth-order valence-corrected chi connectivity index (χ4v) is 6.45. The van der Waals surface area contributed by atoms with Gasteiger partial charge in [0.1, 0.15) is 0 Å². The van der Waals surface area contributed by atoms with Crippen molar-refractivity contribution in [1.82, 2.24) is 28.1 Å². The van der Waals surface area contributed by atoms with Gasteiger partial charge in [-0.25, -0.2) is 0 Å². The molecule has 0 aliphatic rings. The van der Waals surface area contributed by atoms with Crippen molar-refractivity contribution >= 4 is 46.4 Å². The summed E-state index contributed by atoms with van der Waals surface area (Å²) in [4.78, 5) is 107. The molecule has 22 nitrogen and oxygen atoms in total. The van der Waals surface area contributed by atoms with Gasteiger partial charge < -0.3 is 60.0 Å². The fraction of sp³-hybridized carbons (Fsp3) is 0.400. The van der Waals surface area contributed by atoms with Gasteiger partial charge in [0.15, 0.2) is 0 Å². The zero-order valence-electron chi connectivity index (χ0n) is 35.5. The number of aromatic hydroxyl groups is 4. The average molecular weight is 865 g/mol. The number of carbonyl (C=O) groups excluding carboxylic acids is 4. The minimum absolute atomic E-state index is 0.0195. The smallest absolute Gasteiger partial charge is 0.294 e. The van der Waals surface area contributed by atoms with Gasteiger partial charge in [-0.15, -0.1) is 0 Å². The van der Waals surface area contributed by atoms with Crippen molar-refractivity contribution in [3.8, 4) is 23.0 Å². The molecule has 4 amide bonds. The lowest BCUT2D eigenvalue weighted by Gasteiger charge is -2.35. The molecule has 4 aromatic rings. The van der Waals surface area contributed by atoms with E-state index in [1.165, 1.54) is 115 Å². The molecule has 334 valence electrons. The third kappa shape index (κ3) is 10.6. The maximum Gasteiger partial charge on any atom is 0.294 e. The number of carbonyl (C=O) groups is 4. The van der Waals surface area contributed by atoms with Gasteiger partial charge in [-0.05, 0) is 77.9 Å². The summed E-state index contributed by atoms with van der Waals surface area (Å²) in [6.45, 7) is 5.97. The van der Waals surface area contributed by atoms with Crippen LogP contribution in [-0.2, 0) is 47.4 Å². The first kappa shape index (κ1) is 47.5. The maximum atomic E-state index is 13.7. The van der Waals surface area contributed by atoms with E-state index in [2.05, 4.69) is 21.3 Å². The zero-order chi connectivity index (χ0) is 46.3. The predicted molar refractivity (Wildman–Crippen MR) is 228 cm³/mol. The lowest BCUT2D eigenvalue weighted by atomic mass is 10.1. The van der Waals surface area contributed by atoms with Gasteiger partial charge in [0.2, 0.25) is 46.6 Å². The van der Waals surface area contributed by atoms with Crippen LogP contribution in [0.5, 0.6) is 23.0 Å². The fourth-order valence-electron chi connectivity index (χ4n) is 6.45. The highest BCUT2D eigenvalue weighted by atomic mass is 16.3. The van der Waals surface area contributed by atoms with E-state index >= 15 is 0 Å². The minimum Gasteiger partial charge on any atom is -0.502 e. The van der Waals surface area contributed by atoms with Crippen LogP contribution in [-0.4, -0.2) is 109 Å². The lowest BCUT2D eigenvalue weighted by molar-refractivity contribution is -0.128. The monoisotopic (exact) mass is 864 g/mol. The molecule has 0 saturated heterocycles. The Labute approximate surface area is 354 Å². The first-order valence-corrected chi connectivity index (χ1v) is 19.4. The molecule has 4 heterocycles. The molecule has 0 aliphatic carbocycles. The second kappa shape index (κ2) is 19.9. The van der Waals surface area contributed by atoms with Crippen LogP contribution in [0.3, 0.4) is 0 Å². The van der Waals surface area contributed by atoms with E-state index in [9.17, 15) is 58.8 Å². The van der Waals surface area contributed by atoms with E-state index in [0.717, 1.165) is 18.3 Å². The number of aryl methyl sites for hydroxylation is 4. The van der Waals surface area contributed by atoms with Crippen LogP contribution in [0.4, 0.5) is 22.7 Å². The molecule has 0 aromatic carbocycles. The summed E-state index contributed by atoms with van der Waals surface area (Å²) in [7, 11) is 5.65. The number of amides is 4. The lowest BCUT2D eigenvalue weighted by Crippen LogP contribution is -2.52. The van der Waals surface area contributed by atoms with Gasteiger partial charge in [0, 0.05) is 53.0 Å². The van der Waals surface area contributed by atoms with Crippen molar-refractivity contribution in [2.24, 2.45) is 28.2 Å². The summed E-state index contributed by atoms with van der Waals surface area (Å²) in [5, 5.41) is 51.7. The SMILES string of the molecule is CC(C(=O)Nc1ccn(C)c(=O)c1O)N(CCCCN(C(C)C(=O)Nc1ccn(C)c(=O)c1O)C(C)C(=O)Nc1ccn(C)c(=O)c1O)C(C)C(=O)Nc1ccn(C)c(=O)c1O. The first-order valence-electron chi connectivity index (χ1n) is 19.4. The van der Waals surface area contributed by atoms with Crippen LogP contribution in [0.25, 0.3) is 0 Å². The Kier molecular flexibility index (Phi) is 15.2. The second-order valence-electron chi connectivity index (χ2n) is 14.8.